The Bertz CT molecular complexity index is 239. The van der Waals surface area contributed by atoms with Crippen molar-refractivity contribution in [1.29, 1.82) is 0 Å². The molecule has 2 heteroatoms. The van der Waals surface area contributed by atoms with E-state index < -0.39 is 0 Å². The fraction of sp³-hybridized carbons (Fsp3) is 1.00. The van der Waals surface area contributed by atoms with Gasteiger partial charge in [0, 0.05) is 12.6 Å². The van der Waals surface area contributed by atoms with Gasteiger partial charge < -0.3 is 10.4 Å². The summed E-state index contributed by atoms with van der Waals surface area (Å²) in [4.78, 5) is 0. The van der Waals surface area contributed by atoms with Crippen LogP contribution in [-0.2, 0) is 0 Å². The summed E-state index contributed by atoms with van der Waals surface area (Å²) in [6.45, 7) is 5.80. The molecular weight excluding hydrogens is 210 g/mol. The van der Waals surface area contributed by atoms with E-state index >= 15 is 0 Å². The lowest BCUT2D eigenvalue weighted by Crippen LogP contribution is -2.47. The van der Waals surface area contributed by atoms with Crippen molar-refractivity contribution in [1.82, 2.24) is 5.32 Å². The first-order valence-corrected chi connectivity index (χ1v) is 7.51. The Morgan fingerprint density at radius 1 is 1.06 bits per heavy atom. The first kappa shape index (κ1) is 13.4. The predicted octanol–water partition coefficient (Wildman–Crippen LogP) is 3.10. The van der Waals surface area contributed by atoms with Gasteiger partial charge in [0.2, 0.25) is 0 Å². The highest BCUT2D eigenvalue weighted by atomic mass is 16.3. The molecule has 2 aliphatic carbocycles. The Kier molecular flexibility index (Phi) is 4.48. The molecule has 100 valence electrons. The molecule has 2 saturated carbocycles. The van der Waals surface area contributed by atoms with E-state index in [1.165, 1.54) is 44.9 Å². The molecule has 2 nitrogen and oxygen atoms in total. The van der Waals surface area contributed by atoms with Crippen molar-refractivity contribution in [2.75, 3.05) is 6.54 Å². The molecule has 0 aromatic rings. The summed E-state index contributed by atoms with van der Waals surface area (Å²) < 4.78 is 0. The van der Waals surface area contributed by atoms with E-state index in [0.29, 0.717) is 17.4 Å². The lowest BCUT2D eigenvalue weighted by atomic mass is 9.73. The highest BCUT2D eigenvalue weighted by molar-refractivity contribution is 4.89. The van der Waals surface area contributed by atoms with Crippen molar-refractivity contribution in [2.24, 2.45) is 11.3 Å². The topological polar surface area (TPSA) is 32.3 Å². The molecule has 2 fully saturated rings. The van der Waals surface area contributed by atoms with Crippen molar-refractivity contribution in [3.8, 4) is 0 Å². The monoisotopic (exact) mass is 239 g/mol. The van der Waals surface area contributed by atoms with Crippen LogP contribution in [0, 0.1) is 11.3 Å². The minimum Gasteiger partial charge on any atom is -0.393 e. The number of rotatable bonds is 3. The number of aliphatic hydroxyl groups excluding tert-OH is 1. The third-order valence-electron chi connectivity index (χ3n) is 5.00. The normalized spacial score (nSPS) is 37.9. The second kappa shape index (κ2) is 5.71. The van der Waals surface area contributed by atoms with Crippen LogP contribution in [-0.4, -0.2) is 23.8 Å². The maximum Gasteiger partial charge on any atom is 0.0580 e. The molecule has 0 aliphatic heterocycles. The van der Waals surface area contributed by atoms with Gasteiger partial charge in [0.05, 0.1) is 6.10 Å². The summed E-state index contributed by atoms with van der Waals surface area (Å²) in [5.41, 5.74) is 0.442. The smallest absolute Gasteiger partial charge is 0.0580 e. The molecule has 0 saturated heterocycles. The second-order valence-electron chi connectivity index (χ2n) is 6.81. The van der Waals surface area contributed by atoms with Gasteiger partial charge in [0.25, 0.3) is 0 Å². The second-order valence-corrected chi connectivity index (χ2v) is 6.81. The molecule has 0 aromatic heterocycles. The van der Waals surface area contributed by atoms with Crippen LogP contribution >= 0.6 is 0 Å². The predicted molar refractivity (Wildman–Crippen MR) is 72.0 cm³/mol. The molecule has 17 heavy (non-hydrogen) atoms. The summed E-state index contributed by atoms with van der Waals surface area (Å²) in [5, 5.41) is 13.7. The Hall–Kier alpha value is -0.0800. The van der Waals surface area contributed by atoms with Gasteiger partial charge in [-0.05, 0) is 37.0 Å². The van der Waals surface area contributed by atoms with Crippen LogP contribution in [0.1, 0.15) is 65.2 Å². The largest absolute Gasteiger partial charge is 0.393 e. The minimum atomic E-state index is -0.0528. The van der Waals surface area contributed by atoms with E-state index in [1.54, 1.807) is 0 Å². The van der Waals surface area contributed by atoms with Gasteiger partial charge in [0.1, 0.15) is 0 Å². The van der Waals surface area contributed by atoms with E-state index in [9.17, 15) is 5.11 Å². The molecule has 2 aliphatic rings. The van der Waals surface area contributed by atoms with Gasteiger partial charge in [-0.25, -0.2) is 0 Å². The molecule has 2 N–H and O–H groups in total. The zero-order valence-corrected chi connectivity index (χ0v) is 11.5. The maximum atomic E-state index is 9.99. The first-order valence-electron chi connectivity index (χ1n) is 7.51. The average Bonchev–Trinajstić information content (AvgIpc) is 2.29. The average molecular weight is 239 g/mol. The van der Waals surface area contributed by atoms with E-state index in [-0.39, 0.29) is 6.10 Å². The Balaban J connectivity index is 1.80. The highest BCUT2D eigenvalue weighted by Crippen LogP contribution is 2.35. The molecule has 0 bridgehead atoms. The number of aliphatic hydroxyl groups is 1. The standard InChI is InChI=1S/C15H29NO/c1-15(2)10-6-5-9-14(15)16-11-12-7-3-4-8-13(12)17/h12-14,16-17H,3-11H2,1-2H3. The van der Waals surface area contributed by atoms with Crippen molar-refractivity contribution >= 4 is 0 Å². The molecule has 0 amide bonds. The molecule has 0 aromatic carbocycles. The molecule has 0 heterocycles. The summed E-state index contributed by atoms with van der Waals surface area (Å²) >= 11 is 0. The van der Waals surface area contributed by atoms with Crippen molar-refractivity contribution < 1.29 is 5.11 Å². The van der Waals surface area contributed by atoms with Crippen LogP contribution in [0.15, 0.2) is 0 Å². The van der Waals surface area contributed by atoms with Crippen molar-refractivity contribution in [3.05, 3.63) is 0 Å². The first-order chi connectivity index (χ1) is 8.09. The molecule has 3 atom stereocenters. The van der Waals surface area contributed by atoms with Gasteiger partial charge in [-0.2, -0.15) is 0 Å². The fourth-order valence-electron chi connectivity index (χ4n) is 3.59. The lowest BCUT2D eigenvalue weighted by Gasteiger charge is -2.40. The molecule has 0 spiro atoms. The maximum absolute atomic E-state index is 9.99. The summed E-state index contributed by atoms with van der Waals surface area (Å²) in [6, 6.07) is 0.658. The Morgan fingerprint density at radius 3 is 2.47 bits per heavy atom. The number of hydrogen-bond donors (Lipinski definition) is 2. The molecule has 3 unspecified atom stereocenters. The lowest BCUT2D eigenvalue weighted by molar-refractivity contribution is 0.0610. The summed E-state index contributed by atoms with van der Waals surface area (Å²) in [5.74, 6) is 0.501. The van der Waals surface area contributed by atoms with Gasteiger partial charge in [-0.15, -0.1) is 0 Å². The summed E-state index contributed by atoms with van der Waals surface area (Å²) in [7, 11) is 0. The van der Waals surface area contributed by atoms with Crippen molar-refractivity contribution in [2.45, 2.75) is 77.4 Å². The van der Waals surface area contributed by atoms with Crippen LogP contribution in [0.4, 0.5) is 0 Å². The molecule has 0 radical (unpaired) electrons. The Labute approximate surface area is 106 Å². The van der Waals surface area contributed by atoms with Crippen molar-refractivity contribution in [3.63, 3.8) is 0 Å². The quantitative estimate of drug-likeness (QED) is 0.793. The van der Waals surface area contributed by atoms with Crippen LogP contribution < -0.4 is 5.32 Å². The van der Waals surface area contributed by atoms with Crippen LogP contribution in [0.2, 0.25) is 0 Å². The van der Waals surface area contributed by atoms with Gasteiger partial charge in [0.15, 0.2) is 0 Å². The number of nitrogens with one attached hydrogen (secondary N) is 1. The van der Waals surface area contributed by atoms with E-state index in [4.69, 9.17) is 0 Å². The van der Waals surface area contributed by atoms with Crippen LogP contribution in [0.3, 0.4) is 0 Å². The summed E-state index contributed by atoms with van der Waals surface area (Å²) in [6.07, 6.45) is 10.1. The fourth-order valence-corrected chi connectivity index (χ4v) is 3.59. The molecular formula is C15H29NO. The van der Waals surface area contributed by atoms with E-state index in [2.05, 4.69) is 19.2 Å². The zero-order chi connectivity index (χ0) is 12.3. The highest BCUT2D eigenvalue weighted by Gasteiger charge is 2.33. The third kappa shape index (κ3) is 3.45. The van der Waals surface area contributed by atoms with E-state index in [0.717, 1.165) is 13.0 Å². The van der Waals surface area contributed by atoms with Gasteiger partial charge >= 0.3 is 0 Å². The zero-order valence-electron chi connectivity index (χ0n) is 11.5. The Morgan fingerprint density at radius 2 is 1.76 bits per heavy atom. The van der Waals surface area contributed by atoms with Crippen LogP contribution in [0.25, 0.3) is 0 Å². The SMILES string of the molecule is CC1(C)CCCCC1NCC1CCCCC1O. The van der Waals surface area contributed by atoms with Gasteiger partial charge in [-0.1, -0.05) is 39.5 Å². The third-order valence-corrected chi connectivity index (χ3v) is 5.00. The van der Waals surface area contributed by atoms with E-state index in [1.807, 2.05) is 0 Å². The minimum absolute atomic E-state index is 0.0528. The molecule has 2 rings (SSSR count). The van der Waals surface area contributed by atoms with Gasteiger partial charge in [-0.3, -0.25) is 0 Å². The number of hydrogen-bond acceptors (Lipinski definition) is 2. The van der Waals surface area contributed by atoms with Crippen LogP contribution in [0.5, 0.6) is 0 Å².